The highest BCUT2D eigenvalue weighted by molar-refractivity contribution is 6.21. The predicted octanol–water partition coefficient (Wildman–Crippen LogP) is 3.42. The van der Waals surface area contributed by atoms with Crippen LogP contribution in [0.1, 0.15) is 47.1 Å². The van der Waals surface area contributed by atoms with Crippen molar-refractivity contribution in [1.29, 1.82) is 0 Å². The van der Waals surface area contributed by atoms with Gasteiger partial charge in [-0.05, 0) is 44.9 Å². The molecule has 3 rings (SSSR count). The van der Waals surface area contributed by atoms with Gasteiger partial charge in [-0.2, -0.15) is 0 Å². The van der Waals surface area contributed by atoms with Crippen LogP contribution in [0.4, 0.5) is 4.79 Å². The predicted molar refractivity (Wildman–Crippen MR) is 105 cm³/mol. The van der Waals surface area contributed by atoms with Crippen LogP contribution in [-0.2, 0) is 11.2 Å². The fourth-order valence-electron chi connectivity index (χ4n) is 3.16. The van der Waals surface area contributed by atoms with Crippen molar-refractivity contribution in [3.05, 3.63) is 71.3 Å². The van der Waals surface area contributed by atoms with Crippen molar-refractivity contribution in [3.8, 4) is 0 Å². The van der Waals surface area contributed by atoms with Crippen LogP contribution in [0, 0.1) is 0 Å². The molecule has 1 atom stereocenters. The summed E-state index contributed by atoms with van der Waals surface area (Å²) in [4.78, 5) is 38.8. The van der Waals surface area contributed by atoms with Crippen molar-refractivity contribution in [2.24, 2.45) is 0 Å². The van der Waals surface area contributed by atoms with Crippen molar-refractivity contribution in [2.45, 2.75) is 38.8 Å². The van der Waals surface area contributed by atoms with Gasteiger partial charge >= 0.3 is 6.09 Å². The molecule has 1 N–H and O–H groups in total. The number of carbonyl (C=O) groups excluding carboxylic acids is 3. The highest BCUT2D eigenvalue weighted by Gasteiger charge is 2.36. The fourth-order valence-corrected chi connectivity index (χ4v) is 3.16. The number of imide groups is 1. The summed E-state index contributed by atoms with van der Waals surface area (Å²) in [6, 6.07) is 15.9. The Morgan fingerprint density at radius 2 is 1.50 bits per heavy atom. The van der Waals surface area contributed by atoms with Gasteiger partial charge in [-0.3, -0.25) is 14.5 Å². The van der Waals surface area contributed by atoms with Crippen LogP contribution in [0.15, 0.2) is 54.6 Å². The smallest absolute Gasteiger partial charge is 0.407 e. The van der Waals surface area contributed by atoms with E-state index in [1.807, 2.05) is 30.3 Å². The maximum absolute atomic E-state index is 12.7. The number of hydrogen-bond acceptors (Lipinski definition) is 4. The van der Waals surface area contributed by atoms with Crippen LogP contribution < -0.4 is 5.32 Å². The molecule has 28 heavy (non-hydrogen) atoms. The molecule has 0 radical (unpaired) electrons. The van der Waals surface area contributed by atoms with E-state index in [-0.39, 0.29) is 18.4 Å². The Morgan fingerprint density at radius 1 is 0.964 bits per heavy atom. The van der Waals surface area contributed by atoms with Gasteiger partial charge in [0.25, 0.3) is 11.8 Å². The number of rotatable bonds is 5. The van der Waals surface area contributed by atoms with E-state index in [1.54, 1.807) is 45.0 Å². The average Bonchev–Trinajstić information content (AvgIpc) is 2.86. The van der Waals surface area contributed by atoms with E-state index in [9.17, 15) is 14.4 Å². The van der Waals surface area contributed by atoms with E-state index >= 15 is 0 Å². The zero-order valence-corrected chi connectivity index (χ0v) is 16.3. The van der Waals surface area contributed by atoms with Crippen molar-refractivity contribution in [3.63, 3.8) is 0 Å². The van der Waals surface area contributed by atoms with Crippen LogP contribution in [0.3, 0.4) is 0 Å². The molecule has 0 spiro atoms. The summed E-state index contributed by atoms with van der Waals surface area (Å²) in [5.74, 6) is -0.686. The van der Waals surface area contributed by atoms with Crippen LogP contribution in [0.5, 0.6) is 0 Å². The molecule has 1 unspecified atom stereocenters. The van der Waals surface area contributed by atoms with Crippen molar-refractivity contribution in [2.75, 3.05) is 6.54 Å². The maximum atomic E-state index is 12.7. The van der Waals surface area contributed by atoms with Crippen molar-refractivity contribution >= 4 is 17.9 Å². The molecule has 6 nitrogen and oxygen atoms in total. The second-order valence-electron chi connectivity index (χ2n) is 7.80. The zero-order valence-electron chi connectivity index (χ0n) is 16.3. The number of hydrogen-bond donors (Lipinski definition) is 1. The topological polar surface area (TPSA) is 75.7 Å². The number of nitrogens with one attached hydrogen (secondary N) is 1. The first-order valence-electron chi connectivity index (χ1n) is 9.23. The number of ether oxygens (including phenoxy) is 1. The Labute approximate surface area is 164 Å². The minimum Gasteiger partial charge on any atom is -0.444 e. The normalized spacial score (nSPS) is 14.6. The van der Waals surface area contributed by atoms with Gasteiger partial charge in [0.1, 0.15) is 5.60 Å². The largest absolute Gasteiger partial charge is 0.444 e. The van der Waals surface area contributed by atoms with E-state index in [0.717, 1.165) is 5.56 Å². The Balaban J connectivity index is 1.78. The van der Waals surface area contributed by atoms with Gasteiger partial charge in [0.05, 0.1) is 23.7 Å². The Kier molecular flexibility index (Phi) is 5.49. The van der Waals surface area contributed by atoms with Crippen molar-refractivity contribution < 1.29 is 19.1 Å². The summed E-state index contributed by atoms with van der Waals surface area (Å²) in [5.41, 5.74) is 1.13. The SMILES string of the molecule is CC(C)(C)OC(=O)NC(Cc1ccccc1)CN1C(=O)c2ccccc2C1=O. The first-order valence-corrected chi connectivity index (χ1v) is 9.23. The lowest BCUT2D eigenvalue weighted by molar-refractivity contribution is 0.0468. The first kappa shape index (κ1) is 19.6. The minimum absolute atomic E-state index is 0.0699. The van der Waals surface area contributed by atoms with E-state index in [1.165, 1.54) is 4.90 Å². The number of amides is 3. The molecule has 0 aromatic heterocycles. The highest BCUT2D eigenvalue weighted by atomic mass is 16.6. The minimum atomic E-state index is -0.642. The summed E-state index contributed by atoms with van der Waals surface area (Å²) >= 11 is 0. The molecule has 1 aliphatic rings. The summed E-state index contributed by atoms with van der Waals surface area (Å²) < 4.78 is 5.35. The lowest BCUT2D eigenvalue weighted by atomic mass is 10.1. The molecule has 0 aliphatic carbocycles. The van der Waals surface area contributed by atoms with Gasteiger partial charge in [0.15, 0.2) is 0 Å². The molecule has 0 saturated carbocycles. The number of benzene rings is 2. The third kappa shape index (κ3) is 4.57. The van der Waals surface area contributed by atoms with Crippen molar-refractivity contribution in [1.82, 2.24) is 10.2 Å². The Morgan fingerprint density at radius 3 is 2.04 bits per heavy atom. The molecule has 0 bridgehead atoms. The van der Waals surface area contributed by atoms with Gasteiger partial charge < -0.3 is 10.1 Å². The third-order valence-corrected chi connectivity index (χ3v) is 4.33. The van der Waals surface area contributed by atoms with E-state index in [4.69, 9.17) is 4.74 Å². The van der Waals surface area contributed by atoms with E-state index < -0.39 is 17.7 Å². The first-order chi connectivity index (χ1) is 13.2. The van der Waals surface area contributed by atoms with Gasteiger partial charge in [-0.1, -0.05) is 42.5 Å². The van der Waals surface area contributed by atoms with E-state index in [0.29, 0.717) is 17.5 Å². The molecule has 146 valence electrons. The van der Waals surface area contributed by atoms with E-state index in [2.05, 4.69) is 5.32 Å². The molecule has 1 heterocycles. The van der Waals surface area contributed by atoms with Gasteiger partial charge in [0, 0.05) is 0 Å². The lowest BCUT2D eigenvalue weighted by Crippen LogP contribution is -2.48. The molecule has 0 fully saturated rings. The molecule has 3 amide bonds. The molecular formula is C22H24N2O4. The van der Waals surface area contributed by atoms with Crippen LogP contribution in [0.2, 0.25) is 0 Å². The second-order valence-corrected chi connectivity index (χ2v) is 7.80. The number of carbonyl (C=O) groups is 3. The molecule has 2 aromatic rings. The van der Waals surface area contributed by atoms with Gasteiger partial charge in [-0.25, -0.2) is 4.79 Å². The molecule has 0 saturated heterocycles. The quantitative estimate of drug-likeness (QED) is 0.807. The summed E-state index contributed by atoms with van der Waals surface area (Å²) in [6.07, 6.45) is -0.113. The standard InChI is InChI=1S/C22H24N2O4/c1-22(2,3)28-21(27)23-16(13-15-9-5-4-6-10-15)14-24-19(25)17-11-7-8-12-18(17)20(24)26/h4-12,16H,13-14H2,1-3H3,(H,23,27). The van der Waals surface area contributed by atoms with Gasteiger partial charge in [0.2, 0.25) is 0 Å². The fraction of sp³-hybridized carbons (Fsp3) is 0.318. The monoisotopic (exact) mass is 380 g/mol. The van der Waals surface area contributed by atoms with Crippen LogP contribution in [-0.4, -0.2) is 41.0 Å². The molecule has 1 aliphatic heterocycles. The third-order valence-electron chi connectivity index (χ3n) is 4.33. The Hall–Kier alpha value is -3.15. The average molecular weight is 380 g/mol. The molecular weight excluding hydrogens is 356 g/mol. The Bertz CT molecular complexity index is 852. The zero-order chi connectivity index (χ0) is 20.3. The molecule has 2 aromatic carbocycles. The number of nitrogens with zero attached hydrogens (tertiary/aromatic N) is 1. The second kappa shape index (κ2) is 7.84. The highest BCUT2D eigenvalue weighted by Crippen LogP contribution is 2.23. The molecule has 6 heteroatoms. The lowest BCUT2D eigenvalue weighted by Gasteiger charge is -2.26. The number of alkyl carbamates (subject to hydrolysis) is 1. The summed E-state index contributed by atoms with van der Waals surface area (Å²) in [5, 5.41) is 2.81. The number of fused-ring (bicyclic) bond motifs is 1. The summed E-state index contributed by atoms with van der Waals surface area (Å²) in [7, 11) is 0. The summed E-state index contributed by atoms with van der Waals surface area (Å²) in [6.45, 7) is 5.41. The van der Waals surface area contributed by atoms with Crippen LogP contribution >= 0.6 is 0 Å². The van der Waals surface area contributed by atoms with Crippen LogP contribution in [0.25, 0.3) is 0 Å². The van der Waals surface area contributed by atoms with Gasteiger partial charge in [-0.15, -0.1) is 0 Å². The maximum Gasteiger partial charge on any atom is 0.407 e.